The summed E-state index contributed by atoms with van der Waals surface area (Å²) in [6.07, 6.45) is 3.26. The molecule has 7 heteroatoms. The molecule has 3 aromatic rings. The van der Waals surface area contributed by atoms with Crippen molar-refractivity contribution in [3.8, 4) is 11.5 Å². The van der Waals surface area contributed by atoms with E-state index in [0.29, 0.717) is 17.3 Å². The van der Waals surface area contributed by atoms with Crippen LogP contribution in [0.3, 0.4) is 0 Å². The van der Waals surface area contributed by atoms with Gasteiger partial charge in [-0.15, -0.1) is 0 Å². The fourth-order valence-corrected chi connectivity index (χ4v) is 2.30. The van der Waals surface area contributed by atoms with Gasteiger partial charge in [0.15, 0.2) is 17.1 Å². The van der Waals surface area contributed by atoms with Gasteiger partial charge in [0, 0.05) is 18.8 Å². The first-order chi connectivity index (χ1) is 10.6. The van der Waals surface area contributed by atoms with Gasteiger partial charge < -0.3 is 14.8 Å². The molecule has 0 atom stereocenters. The summed E-state index contributed by atoms with van der Waals surface area (Å²) < 4.78 is 12.4. The van der Waals surface area contributed by atoms with Crippen LogP contribution in [0.1, 0.15) is 5.56 Å². The lowest BCUT2D eigenvalue weighted by atomic mass is 10.1. The molecule has 0 spiro atoms. The Labute approximate surface area is 127 Å². The van der Waals surface area contributed by atoms with Crippen molar-refractivity contribution in [2.24, 2.45) is 7.05 Å². The van der Waals surface area contributed by atoms with Gasteiger partial charge in [-0.1, -0.05) is 0 Å². The number of rotatable bonds is 4. The largest absolute Gasteiger partial charge is 0.493 e. The molecule has 7 nitrogen and oxygen atoms in total. The van der Waals surface area contributed by atoms with E-state index < -0.39 is 0 Å². The second-order valence-electron chi connectivity index (χ2n) is 4.87. The van der Waals surface area contributed by atoms with Crippen molar-refractivity contribution in [1.29, 1.82) is 0 Å². The van der Waals surface area contributed by atoms with E-state index in [1.54, 1.807) is 25.1 Å². The number of ether oxygens (including phenoxy) is 2. The third-order valence-electron chi connectivity index (χ3n) is 3.51. The molecule has 0 bridgehead atoms. The highest BCUT2D eigenvalue weighted by Gasteiger charge is 2.12. The summed E-state index contributed by atoms with van der Waals surface area (Å²) in [5.41, 5.74) is 2.69. The van der Waals surface area contributed by atoms with Gasteiger partial charge in [-0.05, 0) is 18.6 Å². The number of anilines is 2. The van der Waals surface area contributed by atoms with Crippen LogP contribution in [0.15, 0.2) is 24.7 Å². The van der Waals surface area contributed by atoms with Crippen LogP contribution in [0.4, 0.5) is 11.5 Å². The van der Waals surface area contributed by atoms with E-state index >= 15 is 0 Å². The first-order valence-electron chi connectivity index (χ1n) is 6.76. The van der Waals surface area contributed by atoms with E-state index in [1.807, 2.05) is 26.1 Å². The fourth-order valence-electron chi connectivity index (χ4n) is 2.30. The van der Waals surface area contributed by atoms with Crippen molar-refractivity contribution >= 4 is 22.5 Å². The quantitative estimate of drug-likeness (QED) is 0.797. The van der Waals surface area contributed by atoms with Gasteiger partial charge in [0.25, 0.3) is 0 Å². The van der Waals surface area contributed by atoms with E-state index in [-0.39, 0.29) is 0 Å². The molecule has 3 rings (SSSR count). The molecule has 0 aliphatic heterocycles. The molecule has 22 heavy (non-hydrogen) atoms. The van der Waals surface area contributed by atoms with Crippen molar-refractivity contribution < 1.29 is 9.47 Å². The lowest BCUT2D eigenvalue weighted by molar-refractivity contribution is 0.355. The average molecular weight is 299 g/mol. The number of benzene rings is 1. The Morgan fingerprint density at radius 1 is 1.09 bits per heavy atom. The number of nitrogens with zero attached hydrogens (tertiary/aromatic N) is 4. The normalized spacial score (nSPS) is 10.7. The predicted molar refractivity (Wildman–Crippen MR) is 83.9 cm³/mol. The molecule has 0 radical (unpaired) electrons. The summed E-state index contributed by atoms with van der Waals surface area (Å²) in [5.74, 6) is 2.06. The van der Waals surface area contributed by atoms with E-state index in [4.69, 9.17) is 9.47 Å². The maximum absolute atomic E-state index is 5.35. The van der Waals surface area contributed by atoms with Crippen LogP contribution in [0, 0.1) is 6.92 Å². The summed E-state index contributed by atoms with van der Waals surface area (Å²) in [5, 5.41) is 8.39. The molecule has 0 amide bonds. The number of hydrogen-bond donors (Lipinski definition) is 1. The summed E-state index contributed by atoms with van der Waals surface area (Å²) in [6, 6.07) is 3.81. The molecule has 2 aromatic heterocycles. The lowest BCUT2D eigenvalue weighted by Crippen LogP contribution is -2.00. The van der Waals surface area contributed by atoms with E-state index in [1.165, 1.54) is 6.33 Å². The molecule has 0 unspecified atom stereocenters. The maximum Gasteiger partial charge on any atom is 0.163 e. The molecule has 0 saturated carbocycles. The standard InChI is InChI=1S/C15H17N5O2/c1-9-5-12(21-3)13(22-4)6-11(9)19-14-10-7-18-20(2)15(10)17-8-16-14/h5-8H,1-4H3,(H,16,17,19). The van der Waals surface area contributed by atoms with Crippen LogP contribution < -0.4 is 14.8 Å². The van der Waals surface area contributed by atoms with Gasteiger partial charge in [-0.2, -0.15) is 5.10 Å². The maximum atomic E-state index is 5.35. The zero-order valence-electron chi connectivity index (χ0n) is 12.9. The number of aromatic nitrogens is 4. The summed E-state index contributed by atoms with van der Waals surface area (Å²) in [6.45, 7) is 1.99. The Kier molecular flexibility index (Phi) is 3.54. The monoisotopic (exact) mass is 299 g/mol. The molecule has 0 aliphatic rings. The average Bonchev–Trinajstić information content (AvgIpc) is 2.91. The zero-order chi connectivity index (χ0) is 15.7. The molecule has 0 fully saturated rings. The SMILES string of the molecule is COc1cc(C)c(Nc2ncnc3c2cnn3C)cc1OC. The van der Waals surface area contributed by atoms with Crippen molar-refractivity contribution in [1.82, 2.24) is 19.7 Å². The van der Waals surface area contributed by atoms with Crippen molar-refractivity contribution in [3.05, 3.63) is 30.2 Å². The molecule has 1 aromatic carbocycles. The van der Waals surface area contributed by atoms with Gasteiger partial charge in [-0.3, -0.25) is 4.68 Å². The van der Waals surface area contributed by atoms with Gasteiger partial charge in [-0.25, -0.2) is 9.97 Å². The molecule has 0 saturated heterocycles. The van der Waals surface area contributed by atoms with Crippen LogP contribution >= 0.6 is 0 Å². The highest BCUT2D eigenvalue weighted by Crippen LogP contribution is 2.34. The zero-order valence-corrected chi connectivity index (χ0v) is 12.9. The molecular formula is C15H17N5O2. The second-order valence-corrected chi connectivity index (χ2v) is 4.87. The molecule has 114 valence electrons. The minimum atomic E-state index is 0.659. The van der Waals surface area contributed by atoms with E-state index in [9.17, 15) is 0 Å². The minimum absolute atomic E-state index is 0.659. The summed E-state index contributed by atoms with van der Waals surface area (Å²) >= 11 is 0. The Morgan fingerprint density at radius 3 is 2.55 bits per heavy atom. The number of nitrogens with one attached hydrogen (secondary N) is 1. The predicted octanol–water partition coefficient (Wildman–Crippen LogP) is 2.43. The summed E-state index contributed by atoms with van der Waals surface area (Å²) in [4.78, 5) is 8.54. The fraction of sp³-hybridized carbons (Fsp3) is 0.267. The number of methoxy groups -OCH3 is 2. The molecular weight excluding hydrogens is 282 g/mol. The van der Waals surface area contributed by atoms with Gasteiger partial charge in [0.1, 0.15) is 12.1 Å². The van der Waals surface area contributed by atoms with Crippen molar-refractivity contribution in [3.63, 3.8) is 0 Å². The number of fused-ring (bicyclic) bond motifs is 1. The summed E-state index contributed by atoms with van der Waals surface area (Å²) in [7, 11) is 5.08. The second kappa shape index (κ2) is 5.51. The van der Waals surface area contributed by atoms with E-state index in [2.05, 4.69) is 20.4 Å². The Morgan fingerprint density at radius 2 is 1.82 bits per heavy atom. The highest BCUT2D eigenvalue weighted by molar-refractivity contribution is 5.88. The van der Waals surface area contributed by atoms with Crippen LogP contribution in [-0.2, 0) is 7.05 Å². The lowest BCUT2D eigenvalue weighted by Gasteiger charge is -2.14. The first-order valence-corrected chi connectivity index (χ1v) is 6.76. The van der Waals surface area contributed by atoms with Gasteiger partial charge in [0.05, 0.1) is 25.8 Å². The Bertz CT molecular complexity index is 828. The van der Waals surface area contributed by atoms with Crippen LogP contribution in [0.25, 0.3) is 11.0 Å². The van der Waals surface area contributed by atoms with Crippen LogP contribution in [-0.4, -0.2) is 34.0 Å². The van der Waals surface area contributed by atoms with Crippen molar-refractivity contribution in [2.45, 2.75) is 6.92 Å². The molecule has 0 aliphatic carbocycles. The smallest absolute Gasteiger partial charge is 0.163 e. The van der Waals surface area contributed by atoms with E-state index in [0.717, 1.165) is 22.3 Å². The number of hydrogen-bond acceptors (Lipinski definition) is 6. The third kappa shape index (κ3) is 2.30. The molecule has 2 heterocycles. The minimum Gasteiger partial charge on any atom is -0.493 e. The Balaban J connectivity index is 2.05. The molecule has 1 N–H and O–H groups in total. The van der Waals surface area contributed by atoms with Crippen LogP contribution in [0.5, 0.6) is 11.5 Å². The topological polar surface area (TPSA) is 74.1 Å². The Hall–Kier alpha value is -2.83. The van der Waals surface area contributed by atoms with Crippen LogP contribution in [0.2, 0.25) is 0 Å². The van der Waals surface area contributed by atoms with Crippen molar-refractivity contribution in [2.75, 3.05) is 19.5 Å². The highest BCUT2D eigenvalue weighted by atomic mass is 16.5. The number of aryl methyl sites for hydroxylation is 2. The third-order valence-corrected chi connectivity index (χ3v) is 3.51. The van der Waals surface area contributed by atoms with Gasteiger partial charge >= 0.3 is 0 Å². The first kappa shape index (κ1) is 14.1. The van der Waals surface area contributed by atoms with Gasteiger partial charge in [0.2, 0.25) is 0 Å².